The van der Waals surface area contributed by atoms with E-state index in [1.54, 1.807) is 0 Å². The summed E-state index contributed by atoms with van der Waals surface area (Å²) in [5.41, 5.74) is 5.12. The summed E-state index contributed by atoms with van der Waals surface area (Å²) in [4.78, 5) is 12.3. The third-order valence-corrected chi connectivity index (χ3v) is 3.61. The first-order chi connectivity index (χ1) is 10.3. The van der Waals surface area contributed by atoms with E-state index < -0.39 is 0 Å². The number of ether oxygens (including phenoxy) is 2. The van der Waals surface area contributed by atoms with Gasteiger partial charge in [-0.25, -0.2) is 4.98 Å². The zero-order valence-corrected chi connectivity index (χ0v) is 11.7. The molecule has 21 heavy (non-hydrogen) atoms. The Morgan fingerprint density at radius 3 is 2.95 bits per heavy atom. The van der Waals surface area contributed by atoms with Crippen LogP contribution in [0.5, 0.6) is 5.88 Å². The average Bonchev–Trinajstić information content (AvgIpc) is 3.12. The van der Waals surface area contributed by atoms with Crippen LogP contribution in [-0.2, 0) is 18.0 Å². The molecule has 0 atom stereocenters. The topological polar surface area (TPSA) is 60.0 Å². The molecular formula is C16H15N3O2. The molecule has 0 saturated heterocycles. The van der Waals surface area contributed by atoms with Gasteiger partial charge in [-0.2, -0.15) is 4.98 Å². The van der Waals surface area contributed by atoms with Crippen molar-refractivity contribution in [1.29, 1.82) is 0 Å². The second-order valence-corrected chi connectivity index (χ2v) is 5.02. The largest absolute Gasteiger partial charge is 0.478 e. The van der Waals surface area contributed by atoms with E-state index in [0.717, 1.165) is 16.9 Å². The Hall–Kier alpha value is -2.40. The zero-order chi connectivity index (χ0) is 14.2. The molecule has 1 aliphatic heterocycles. The maximum absolute atomic E-state index is 5.45. The normalized spacial score (nSPS) is 13.6. The molecule has 3 heterocycles. The standard InChI is InChI=1S/C16H15N3O2/c1-2-21-14-6-5-13-16(18-14)19-15(17-13)10-3-4-11-8-20-9-12(11)7-10/h3-7H,2,8-9H2,1H3,(H,17,18,19). The highest BCUT2D eigenvalue weighted by Gasteiger charge is 2.14. The molecule has 2 aromatic heterocycles. The lowest BCUT2D eigenvalue weighted by Gasteiger charge is -2.00. The van der Waals surface area contributed by atoms with Crippen LogP contribution in [0.15, 0.2) is 30.3 Å². The molecule has 0 amide bonds. The van der Waals surface area contributed by atoms with Crippen molar-refractivity contribution in [2.24, 2.45) is 0 Å². The van der Waals surface area contributed by atoms with Gasteiger partial charge >= 0.3 is 0 Å². The third-order valence-electron chi connectivity index (χ3n) is 3.61. The fourth-order valence-electron chi connectivity index (χ4n) is 2.56. The molecule has 0 bridgehead atoms. The van der Waals surface area contributed by atoms with E-state index in [9.17, 15) is 0 Å². The lowest BCUT2D eigenvalue weighted by atomic mass is 10.1. The molecule has 5 heteroatoms. The number of rotatable bonds is 3. The van der Waals surface area contributed by atoms with Crippen molar-refractivity contribution in [3.8, 4) is 17.3 Å². The predicted molar refractivity (Wildman–Crippen MR) is 79.0 cm³/mol. The molecule has 3 aromatic rings. The minimum absolute atomic E-state index is 0.598. The summed E-state index contributed by atoms with van der Waals surface area (Å²) >= 11 is 0. The second-order valence-electron chi connectivity index (χ2n) is 5.02. The van der Waals surface area contributed by atoms with Gasteiger partial charge in [0.2, 0.25) is 5.88 Å². The van der Waals surface area contributed by atoms with Crippen molar-refractivity contribution in [2.45, 2.75) is 20.1 Å². The van der Waals surface area contributed by atoms with Crippen LogP contribution in [0.25, 0.3) is 22.6 Å². The van der Waals surface area contributed by atoms with Gasteiger partial charge in [0.15, 0.2) is 5.65 Å². The molecule has 106 valence electrons. The highest BCUT2D eigenvalue weighted by molar-refractivity contribution is 5.76. The van der Waals surface area contributed by atoms with Gasteiger partial charge in [-0.3, -0.25) is 0 Å². The molecule has 4 rings (SSSR count). The van der Waals surface area contributed by atoms with Crippen LogP contribution >= 0.6 is 0 Å². The number of aromatic amines is 1. The molecule has 0 aliphatic carbocycles. The Balaban J connectivity index is 1.76. The molecule has 0 radical (unpaired) electrons. The number of imidazole rings is 1. The number of nitrogens with zero attached hydrogens (tertiary/aromatic N) is 2. The SMILES string of the molecule is CCOc1ccc2[nH]c(-c3ccc4c(c3)COC4)nc2n1. The van der Waals surface area contributed by atoms with E-state index in [4.69, 9.17) is 9.47 Å². The van der Waals surface area contributed by atoms with E-state index in [0.29, 0.717) is 31.3 Å². The van der Waals surface area contributed by atoms with Gasteiger partial charge in [-0.1, -0.05) is 12.1 Å². The Bertz CT molecular complexity index is 810. The van der Waals surface area contributed by atoms with Gasteiger partial charge in [0.25, 0.3) is 0 Å². The lowest BCUT2D eigenvalue weighted by molar-refractivity contribution is 0.134. The van der Waals surface area contributed by atoms with Crippen molar-refractivity contribution in [2.75, 3.05) is 6.61 Å². The van der Waals surface area contributed by atoms with E-state index >= 15 is 0 Å². The van der Waals surface area contributed by atoms with Crippen LogP contribution in [0.3, 0.4) is 0 Å². The summed E-state index contributed by atoms with van der Waals surface area (Å²) in [6.07, 6.45) is 0. The minimum Gasteiger partial charge on any atom is -0.478 e. The van der Waals surface area contributed by atoms with Gasteiger partial charge in [0, 0.05) is 11.6 Å². The van der Waals surface area contributed by atoms with Gasteiger partial charge in [0.1, 0.15) is 5.82 Å². The fraction of sp³-hybridized carbons (Fsp3) is 0.250. The number of pyridine rings is 1. The number of nitrogens with one attached hydrogen (secondary N) is 1. The van der Waals surface area contributed by atoms with Gasteiger partial charge < -0.3 is 14.5 Å². The summed E-state index contributed by atoms with van der Waals surface area (Å²) < 4.78 is 10.9. The van der Waals surface area contributed by atoms with Crippen LogP contribution in [0, 0.1) is 0 Å². The second kappa shape index (κ2) is 4.86. The average molecular weight is 281 g/mol. The molecule has 0 saturated carbocycles. The first-order valence-electron chi connectivity index (χ1n) is 7.03. The molecule has 0 unspecified atom stereocenters. The number of hydrogen-bond acceptors (Lipinski definition) is 4. The van der Waals surface area contributed by atoms with Gasteiger partial charge in [-0.05, 0) is 30.2 Å². The van der Waals surface area contributed by atoms with E-state index in [-0.39, 0.29) is 0 Å². The van der Waals surface area contributed by atoms with E-state index in [1.807, 2.05) is 19.1 Å². The summed E-state index contributed by atoms with van der Waals surface area (Å²) in [5, 5.41) is 0. The fourth-order valence-corrected chi connectivity index (χ4v) is 2.56. The highest BCUT2D eigenvalue weighted by atomic mass is 16.5. The molecule has 1 aliphatic rings. The van der Waals surface area contributed by atoms with Crippen molar-refractivity contribution < 1.29 is 9.47 Å². The number of benzene rings is 1. The van der Waals surface area contributed by atoms with Crippen LogP contribution in [0.2, 0.25) is 0 Å². The van der Waals surface area contributed by atoms with Crippen LogP contribution < -0.4 is 4.74 Å². The number of H-pyrrole nitrogens is 1. The molecule has 1 N–H and O–H groups in total. The number of fused-ring (bicyclic) bond motifs is 2. The van der Waals surface area contributed by atoms with Crippen molar-refractivity contribution >= 4 is 11.2 Å². The van der Waals surface area contributed by atoms with Crippen LogP contribution in [0.1, 0.15) is 18.1 Å². The van der Waals surface area contributed by atoms with Crippen molar-refractivity contribution in [3.05, 3.63) is 41.5 Å². The summed E-state index contributed by atoms with van der Waals surface area (Å²) in [7, 11) is 0. The molecular weight excluding hydrogens is 266 g/mol. The van der Waals surface area contributed by atoms with Crippen LogP contribution in [0.4, 0.5) is 0 Å². The molecule has 1 aromatic carbocycles. The maximum atomic E-state index is 5.45. The Labute approximate surface area is 121 Å². The maximum Gasteiger partial charge on any atom is 0.215 e. The van der Waals surface area contributed by atoms with Crippen molar-refractivity contribution in [3.63, 3.8) is 0 Å². The smallest absolute Gasteiger partial charge is 0.215 e. The molecule has 0 spiro atoms. The van der Waals surface area contributed by atoms with Gasteiger partial charge in [0.05, 0.1) is 25.3 Å². The Kier molecular flexibility index (Phi) is 2.86. The zero-order valence-electron chi connectivity index (χ0n) is 11.7. The lowest BCUT2D eigenvalue weighted by Crippen LogP contribution is -1.93. The van der Waals surface area contributed by atoms with Crippen molar-refractivity contribution in [1.82, 2.24) is 15.0 Å². The quantitative estimate of drug-likeness (QED) is 0.801. The summed E-state index contributed by atoms with van der Waals surface area (Å²) in [6, 6.07) is 10.1. The third kappa shape index (κ3) is 2.15. The first-order valence-corrected chi connectivity index (χ1v) is 7.03. The monoisotopic (exact) mass is 281 g/mol. The number of hydrogen-bond donors (Lipinski definition) is 1. The summed E-state index contributed by atoms with van der Waals surface area (Å²) in [6.45, 7) is 3.92. The highest BCUT2D eigenvalue weighted by Crippen LogP contribution is 2.27. The summed E-state index contributed by atoms with van der Waals surface area (Å²) in [5.74, 6) is 1.42. The molecule has 0 fully saturated rings. The Morgan fingerprint density at radius 2 is 2.05 bits per heavy atom. The van der Waals surface area contributed by atoms with E-state index in [1.165, 1.54) is 11.1 Å². The number of aromatic nitrogens is 3. The first kappa shape index (κ1) is 12.3. The minimum atomic E-state index is 0.598. The predicted octanol–water partition coefficient (Wildman–Crippen LogP) is 3.05. The molecule has 5 nitrogen and oxygen atoms in total. The van der Waals surface area contributed by atoms with Crippen LogP contribution in [-0.4, -0.2) is 21.6 Å². The van der Waals surface area contributed by atoms with E-state index in [2.05, 4.69) is 33.2 Å². The Morgan fingerprint density at radius 1 is 1.14 bits per heavy atom. The van der Waals surface area contributed by atoms with Gasteiger partial charge in [-0.15, -0.1) is 0 Å².